The molecular formula is C11H19NO. The number of rotatable bonds is 5. The van der Waals surface area contributed by atoms with Crippen molar-refractivity contribution in [2.75, 3.05) is 6.54 Å². The lowest BCUT2D eigenvalue weighted by Crippen LogP contribution is -2.24. The minimum absolute atomic E-state index is 0.556. The summed E-state index contributed by atoms with van der Waals surface area (Å²) in [5, 5.41) is 3.36. The summed E-state index contributed by atoms with van der Waals surface area (Å²) < 4.78 is 5.57. The van der Waals surface area contributed by atoms with Gasteiger partial charge < -0.3 is 9.73 Å². The van der Waals surface area contributed by atoms with Gasteiger partial charge in [0.05, 0.1) is 0 Å². The fourth-order valence-electron chi connectivity index (χ4n) is 1.23. The maximum absolute atomic E-state index is 5.57. The van der Waals surface area contributed by atoms with E-state index in [1.54, 1.807) is 0 Å². The number of hydrogen-bond donors (Lipinski definition) is 1. The SMILES string of the molecule is CCc1ccc(CCNC(C)C)o1. The van der Waals surface area contributed by atoms with Crippen LogP contribution in [0.4, 0.5) is 0 Å². The van der Waals surface area contributed by atoms with Crippen molar-refractivity contribution in [1.29, 1.82) is 0 Å². The van der Waals surface area contributed by atoms with Crippen LogP contribution in [0, 0.1) is 0 Å². The molecule has 2 nitrogen and oxygen atoms in total. The predicted octanol–water partition coefficient (Wildman–Crippen LogP) is 2.38. The van der Waals surface area contributed by atoms with Crippen molar-refractivity contribution in [3.05, 3.63) is 23.7 Å². The Labute approximate surface area is 80.3 Å². The van der Waals surface area contributed by atoms with E-state index in [9.17, 15) is 0 Å². The Hall–Kier alpha value is -0.760. The van der Waals surface area contributed by atoms with Crippen molar-refractivity contribution in [3.8, 4) is 0 Å². The number of nitrogens with one attached hydrogen (secondary N) is 1. The van der Waals surface area contributed by atoms with E-state index in [-0.39, 0.29) is 0 Å². The third-order valence-corrected chi connectivity index (χ3v) is 1.99. The molecule has 0 amide bonds. The van der Waals surface area contributed by atoms with Gasteiger partial charge in [0, 0.05) is 25.4 Å². The predicted molar refractivity (Wildman–Crippen MR) is 54.9 cm³/mol. The summed E-state index contributed by atoms with van der Waals surface area (Å²) in [7, 11) is 0. The Morgan fingerprint density at radius 3 is 2.54 bits per heavy atom. The summed E-state index contributed by atoms with van der Waals surface area (Å²) in [6.07, 6.45) is 1.97. The zero-order valence-corrected chi connectivity index (χ0v) is 8.76. The molecule has 0 bridgehead atoms. The van der Waals surface area contributed by atoms with E-state index >= 15 is 0 Å². The van der Waals surface area contributed by atoms with E-state index in [1.165, 1.54) is 0 Å². The molecule has 1 aromatic heterocycles. The van der Waals surface area contributed by atoms with Gasteiger partial charge in [-0.25, -0.2) is 0 Å². The van der Waals surface area contributed by atoms with Crippen LogP contribution in [0.2, 0.25) is 0 Å². The fourth-order valence-corrected chi connectivity index (χ4v) is 1.23. The molecule has 1 rings (SSSR count). The highest BCUT2D eigenvalue weighted by Gasteiger charge is 2.00. The van der Waals surface area contributed by atoms with Gasteiger partial charge in [0.25, 0.3) is 0 Å². The lowest BCUT2D eigenvalue weighted by atomic mass is 10.3. The molecule has 1 N–H and O–H groups in total. The quantitative estimate of drug-likeness (QED) is 0.754. The molecule has 0 aliphatic rings. The molecule has 0 unspecified atom stereocenters. The second-order valence-electron chi connectivity index (χ2n) is 3.58. The highest BCUT2D eigenvalue weighted by atomic mass is 16.3. The van der Waals surface area contributed by atoms with E-state index < -0.39 is 0 Å². The summed E-state index contributed by atoms with van der Waals surface area (Å²) in [5.41, 5.74) is 0. The third kappa shape index (κ3) is 3.64. The number of hydrogen-bond acceptors (Lipinski definition) is 2. The lowest BCUT2D eigenvalue weighted by molar-refractivity contribution is 0.457. The zero-order valence-electron chi connectivity index (χ0n) is 8.76. The number of aryl methyl sites for hydroxylation is 1. The molecule has 13 heavy (non-hydrogen) atoms. The van der Waals surface area contributed by atoms with Gasteiger partial charge in [-0.1, -0.05) is 20.8 Å². The molecule has 0 spiro atoms. The van der Waals surface area contributed by atoms with Crippen LogP contribution in [0.3, 0.4) is 0 Å². The minimum atomic E-state index is 0.556. The average molecular weight is 181 g/mol. The molecule has 0 fully saturated rings. The highest BCUT2D eigenvalue weighted by molar-refractivity contribution is 5.07. The molecular weight excluding hydrogens is 162 g/mol. The van der Waals surface area contributed by atoms with Gasteiger partial charge in [0.1, 0.15) is 11.5 Å². The van der Waals surface area contributed by atoms with Crippen molar-refractivity contribution < 1.29 is 4.42 Å². The Morgan fingerprint density at radius 1 is 1.31 bits per heavy atom. The molecule has 2 heteroatoms. The van der Waals surface area contributed by atoms with E-state index in [2.05, 4.69) is 38.2 Å². The van der Waals surface area contributed by atoms with Crippen LogP contribution >= 0.6 is 0 Å². The van der Waals surface area contributed by atoms with Crippen molar-refractivity contribution in [2.45, 2.75) is 39.7 Å². The smallest absolute Gasteiger partial charge is 0.105 e. The normalized spacial score (nSPS) is 11.1. The van der Waals surface area contributed by atoms with Crippen LogP contribution in [0.1, 0.15) is 32.3 Å². The molecule has 0 radical (unpaired) electrons. The second kappa shape index (κ2) is 5.07. The molecule has 0 aromatic carbocycles. The Morgan fingerprint density at radius 2 is 2.00 bits per heavy atom. The fraction of sp³-hybridized carbons (Fsp3) is 0.636. The summed E-state index contributed by atoms with van der Waals surface area (Å²) in [4.78, 5) is 0. The first-order chi connectivity index (χ1) is 6.22. The van der Waals surface area contributed by atoms with Crippen LogP contribution in [-0.4, -0.2) is 12.6 Å². The molecule has 1 aromatic rings. The topological polar surface area (TPSA) is 25.2 Å². The van der Waals surface area contributed by atoms with Gasteiger partial charge in [-0.15, -0.1) is 0 Å². The molecule has 0 saturated carbocycles. The second-order valence-corrected chi connectivity index (χ2v) is 3.58. The van der Waals surface area contributed by atoms with Crippen molar-refractivity contribution in [2.24, 2.45) is 0 Å². The first-order valence-electron chi connectivity index (χ1n) is 5.03. The highest BCUT2D eigenvalue weighted by Crippen LogP contribution is 2.08. The monoisotopic (exact) mass is 181 g/mol. The van der Waals surface area contributed by atoms with Crippen LogP contribution in [-0.2, 0) is 12.8 Å². The maximum Gasteiger partial charge on any atom is 0.105 e. The summed E-state index contributed by atoms with van der Waals surface area (Å²) in [6.45, 7) is 7.41. The van der Waals surface area contributed by atoms with Crippen LogP contribution in [0.25, 0.3) is 0 Å². The van der Waals surface area contributed by atoms with Gasteiger partial charge in [0.2, 0.25) is 0 Å². The molecule has 74 valence electrons. The Kier molecular flexibility index (Phi) is 4.03. The molecule has 0 aliphatic carbocycles. The van der Waals surface area contributed by atoms with Gasteiger partial charge in [-0.2, -0.15) is 0 Å². The summed E-state index contributed by atoms with van der Waals surface area (Å²) in [5.74, 6) is 2.17. The molecule has 0 atom stereocenters. The third-order valence-electron chi connectivity index (χ3n) is 1.99. The van der Waals surface area contributed by atoms with E-state index in [0.717, 1.165) is 30.9 Å². The van der Waals surface area contributed by atoms with Crippen LogP contribution in [0.5, 0.6) is 0 Å². The number of furan rings is 1. The maximum atomic E-state index is 5.57. The average Bonchev–Trinajstić information content (AvgIpc) is 2.52. The summed E-state index contributed by atoms with van der Waals surface area (Å²) >= 11 is 0. The Balaban J connectivity index is 2.28. The zero-order chi connectivity index (χ0) is 9.68. The standard InChI is InChI=1S/C11H19NO/c1-4-10-5-6-11(13-10)7-8-12-9(2)3/h5-6,9,12H,4,7-8H2,1-3H3. The van der Waals surface area contributed by atoms with E-state index in [4.69, 9.17) is 4.42 Å². The van der Waals surface area contributed by atoms with Crippen molar-refractivity contribution in [1.82, 2.24) is 5.32 Å². The molecule has 0 aliphatic heterocycles. The summed E-state index contributed by atoms with van der Waals surface area (Å²) in [6, 6.07) is 4.69. The first-order valence-corrected chi connectivity index (χ1v) is 5.03. The van der Waals surface area contributed by atoms with Crippen molar-refractivity contribution >= 4 is 0 Å². The van der Waals surface area contributed by atoms with Gasteiger partial charge in [0.15, 0.2) is 0 Å². The minimum Gasteiger partial charge on any atom is -0.466 e. The van der Waals surface area contributed by atoms with Crippen LogP contribution in [0.15, 0.2) is 16.5 Å². The van der Waals surface area contributed by atoms with Gasteiger partial charge in [-0.3, -0.25) is 0 Å². The van der Waals surface area contributed by atoms with Gasteiger partial charge in [-0.05, 0) is 12.1 Å². The van der Waals surface area contributed by atoms with E-state index in [0.29, 0.717) is 6.04 Å². The Bertz CT molecular complexity index is 240. The lowest BCUT2D eigenvalue weighted by Gasteiger charge is -2.05. The van der Waals surface area contributed by atoms with Crippen molar-refractivity contribution in [3.63, 3.8) is 0 Å². The van der Waals surface area contributed by atoms with Gasteiger partial charge >= 0.3 is 0 Å². The first kappa shape index (κ1) is 10.3. The largest absolute Gasteiger partial charge is 0.466 e. The van der Waals surface area contributed by atoms with E-state index in [1.807, 2.05) is 0 Å². The molecule has 0 saturated heterocycles. The molecule has 1 heterocycles. The van der Waals surface area contributed by atoms with Crippen LogP contribution < -0.4 is 5.32 Å².